The fraction of sp³-hybridized carbons (Fsp3) is 0.167. The summed E-state index contributed by atoms with van der Waals surface area (Å²) in [6.07, 6.45) is 4.64. The van der Waals surface area contributed by atoms with Gasteiger partial charge in [0, 0.05) is 11.5 Å². The molecule has 0 saturated heterocycles. The zero-order valence-corrected chi connectivity index (χ0v) is 14.8. The maximum absolute atomic E-state index is 12.0. The lowest BCUT2D eigenvalue weighted by Crippen LogP contribution is -2.09. The van der Waals surface area contributed by atoms with Gasteiger partial charge in [-0.15, -0.1) is 11.3 Å². The van der Waals surface area contributed by atoms with Crippen molar-refractivity contribution in [1.82, 2.24) is 15.0 Å². The van der Waals surface area contributed by atoms with Gasteiger partial charge >= 0.3 is 5.97 Å². The van der Waals surface area contributed by atoms with Gasteiger partial charge in [-0.05, 0) is 25.1 Å². The van der Waals surface area contributed by atoms with Crippen molar-refractivity contribution in [2.75, 3.05) is 11.9 Å². The predicted octanol–water partition coefficient (Wildman–Crippen LogP) is 2.84. The van der Waals surface area contributed by atoms with Gasteiger partial charge in [0.1, 0.15) is 0 Å². The summed E-state index contributed by atoms with van der Waals surface area (Å²) in [5, 5.41) is 4.79. The highest BCUT2D eigenvalue weighted by Crippen LogP contribution is 2.16. The number of fused-ring (bicyclic) bond motifs is 1. The molecule has 1 aromatic carbocycles. The number of carbonyl (C=O) groups excluding carboxylic acids is 2. The highest BCUT2D eigenvalue weighted by molar-refractivity contribution is 7.14. The molecule has 1 N–H and O–H groups in total. The predicted molar refractivity (Wildman–Crippen MR) is 99.7 cm³/mol. The van der Waals surface area contributed by atoms with Crippen molar-refractivity contribution in [3.05, 3.63) is 53.3 Å². The van der Waals surface area contributed by atoms with Crippen LogP contribution in [0.15, 0.2) is 41.9 Å². The first-order valence-electron chi connectivity index (χ1n) is 7.95. The number of hydrogen-bond donors (Lipinski definition) is 1. The van der Waals surface area contributed by atoms with Crippen LogP contribution in [0.1, 0.15) is 18.3 Å². The number of rotatable bonds is 6. The average molecular weight is 368 g/mol. The van der Waals surface area contributed by atoms with Gasteiger partial charge in [0.25, 0.3) is 0 Å². The number of nitrogens with zero attached hydrogens (tertiary/aromatic N) is 3. The van der Waals surface area contributed by atoms with E-state index in [9.17, 15) is 9.59 Å². The van der Waals surface area contributed by atoms with Crippen molar-refractivity contribution in [2.24, 2.45) is 0 Å². The highest BCUT2D eigenvalue weighted by atomic mass is 32.1. The molecule has 0 aliphatic rings. The second-order valence-electron chi connectivity index (χ2n) is 5.23. The van der Waals surface area contributed by atoms with Gasteiger partial charge in [-0.25, -0.2) is 9.97 Å². The summed E-state index contributed by atoms with van der Waals surface area (Å²) in [6.45, 7) is 2.08. The standard InChI is InChI=1S/C18H16N4O3S/c1-2-25-17(24)9-13-11-26-18(21-13)22-16(23)8-7-12-10-19-14-5-3-4-6-15(14)20-12/h3-8,10-11H,2,9H2,1H3,(H,21,22,23)/b8-7+. The molecule has 2 heterocycles. The number of hydrogen-bond acceptors (Lipinski definition) is 7. The minimum Gasteiger partial charge on any atom is -0.466 e. The summed E-state index contributed by atoms with van der Waals surface area (Å²) in [5.41, 5.74) is 2.71. The fourth-order valence-electron chi connectivity index (χ4n) is 2.17. The molecule has 26 heavy (non-hydrogen) atoms. The normalized spacial score (nSPS) is 11.0. The van der Waals surface area contributed by atoms with Crippen molar-refractivity contribution in [3.63, 3.8) is 0 Å². The molecule has 0 radical (unpaired) electrons. The van der Waals surface area contributed by atoms with Crippen LogP contribution in [0.2, 0.25) is 0 Å². The summed E-state index contributed by atoms with van der Waals surface area (Å²) in [5.74, 6) is -0.678. The molecule has 0 spiro atoms. The number of aromatic nitrogens is 3. The van der Waals surface area contributed by atoms with E-state index in [1.165, 1.54) is 17.4 Å². The Kier molecular flexibility index (Phi) is 5.65. The number of benzene rings is 1. The molecule has 132 valence electrons. The number of esters is 1. The largest absolute Gasteiger partial charge is 0.466 e. The van der Waals surface area contributed by atoms with Crippen molar-refractivity contribution in [3.8, 4) is 0 Å². The molecule has 7 nitrogen and oxygen atoms in total. The lowest BCUT2D eigenvalue weighted by atomic mass is 10.3. The van der Waals surface area contributed by atoms with Crippen molar-refractivity contribution >= 4 is 45.5 Å². The van der Waals surface area contributed by atoms with Crippen LogP contribution < -0.4 is 5.32 Å². The third-order valence-corrected chi connectivity index (χ3v) is 4.09. The van der Waals surface area contributed by atoms with Crippen molar-refractivity contribution in [2.45, 2.75) is 13.3 Å². The maximum Gasteiger partial charge on any atom is 0.311 e. The molecule has 8 heteroatoms. The summed E-state index contributed by atoms with van der Waals surface area (Å²) < 4.78 is 4.87. The minimum atomic E-state index is -0.342. The van der Waals surface area contributed by atoms with E-state index in [1.807, 2.05) is 24.3 Å². The Labute approximate surface area is 153 Å². The Morgan fingerprint density at radius 2 is 2.04 bits per heavy atom. The van der Waals surface area contributed by atoms with Crippen LogP contribution in [-0.2, 0) is 20.7 Å². The molecule has 0 aliphatic carbocycles. The molecule has 3 rings (SSSR count). The summed E-state index contributed by atoms with van der Waals surface area (Å²) in [6, 6.07) is 7.51. The SMILES string of the molecule is CCOC(=O)Cc1csc(NC(=O)/C=C/c2cnc3ccccc3n2)n1. The van der Waals surface area contributed by atoms with Gasteiger partial charge < -0.3 is 4.74 Å². The molecule has 0 aliphatic heterocycles. The third-order valence-electron chi connectivity index (χ3n) is 3.29. The Bertz CT molecular complexity index is 968. The molecular formula is C18H16N4O3S. The first kappa shape index (κ1) is 17.7. The lowest BCUT2D eigenvalue weighted by molar-refractivity contribution is -0.142. The van der Waals surface area contributed by atoms with Crippen LogP contribution in [0, 0.1) is 0 Å². The first-order chi connectivity index (χ1) is 12.6. The zero-order valence-electron chi connectivity index (χ0n) is 14.0. The molecule has 0 saturated carbocycles. The zero-order chi connectivity index (χ0) is 18.4. The van der Waals surface area contributed by atoms with E-state index in [4.69, 9.17) is 4.74 Å². The van der Waals surface area contributed by atoms with Crippen LogP contribution >= 0.6 is 11.3 Å². The highest BCUT2D eigenvalue weighted by Gasteiger charge is 2.09. The van der Waals surface area contributed by atoms with E-state index in [0.717, 1.165) is 11.0 Å². The van der Waals surface area contributed by atoms with Crippen LogP contribution in [0.25, 0.3) is 17.1 Å². The quantitative estimate of drug-likeness (QED) is 0.531. The second kappa shape index (κ2) is 8.30. The van der Waals surface area contributed by atoms with Gasteiger partial charge in [0.05, 0.1) is 41.6 Å². The molecule has 0 bridgehead atoms. The van der Waals surface area contributed by atoms with Crippen LogP contribution in [0.5, 0.6) is 0 Å². The van der Waals surface area contributed by atoms with Crippen molar-refractivity contribution in [1.29, 1.82) is 0 Å². The summed E-state index contributed by atoms with van der Waals surface area (Å²) in [4.78, 5) is 36.3. The summed E-state index contributed by atoms with van der Waals surface area (Å²) in [7, 11) is 0. The maximum atomic E-state index is 12.0. The molecule has 1 amide bonds. The Balaban J connectivity index is 1.60. The minimum absolute atomic E-state index is 0.0860. The van der Waals surface area contributed by atoms with Crippen LogP contribution in [-0.4, -0.2) is 33.4 Å². The fourth-order valence-corrected chi connectivity index (χ4v) is 2.88. The van der Waals surface area contributed by atoms with Gasteiger partial charge in [-0.1, -0.05) is 12.1 Å². The van der Waals surface area contributed by atoms with Gasteiger partial charge in [-0.2, -0.15) is 0 Å². The Hall–Kier alpha value is -3.13. The molecule has 3 aromatic rings. The van der Waals surface area contributed by atoms with Crippen LogP contribution in [0.3, 0.4) is 0 Å². The van der Waals surface area contributed by atoms with Crippen molar-refractivity contribution < 1.29 is 14.3 Å². The topological polar surface area (TPSA) is 94.1 Å². The first-order valence-corrected chi connectivity index (χ1v) is 8.83. The molecule has 0 unspecified atom stereocenters. The smallest absolute Gasteiger partial charge is 0.311 e. The molecular weight excluding hydrogens is 352 g/mol. The molecule has 0 fully saturated rings. The number of ether oxygens (including phenoxy) is 1. The molecule has 2 aromatic heterocycles. The Morgan fingerprint density at radius 3 is 2.85 bits per heavy atom. The van der Waals surface area contributed by atoms with E-state index in [0.29, 0.717) is 23.1 Å². The monoisotopic (exact) mass is 368 g/mol. The Morgan fingerprint density at radius 1 is 1.23 bits per heavy atom. The average Bonchev–Trinajstić information content (AvgIpc) is 3.06. The number of carbonyl (C=O) groups is 2. The summed E-state index contributed by atoms with van der Waals surface area (Å²) >= 11 is 1.25. The molecule has 0 atom stereocenters. The van der Waals surface area contributed by atoms with E-state index in [-0.39, 0.29) is 18.3 Å². The third kappa shape index (κ3) is 4.70. The number of nitrogens with one attached hydrogen (secondary N) is 1. The van der Waals surface area contributed by atoms with E-state index >= 15 is 0 Å². The van der Waals surface area contributed by atoms with Gasteiger partial charge in [0.2, 0.25) is 5.91 Å². The van der Waals surface area contributed by atoms with Gasteiger partial charge in [0.15, 0.2) is 5.13 Å². The van der Waals surface area contributed by atoms with Gasteiger partial charge in [-0.3, -0.25) is 19.9 Å². The number of anilines is 1. The van der Waals surface area contributed by atoms with E-state index in [2.05, 4.69) is 20.3 Å². The van der Waals surface area contributed by atoms with Crippen LogP contribution in [0.4, 0.5) is 5.13 Å². The van der Waals surface area contributed by atoms with E-state index in [1.54, 1.807) is 24.6 Å². The lowest BCUT2D eigenvalue weighted by Gasteiger charge is -1.99. The van der Waals surface area contributed by atoms with E-state index < -0.39 is 0 Å². The number of para-hydroxylation sites is 2. The number of amides is 1. The second-order valence-corrected chi connectivity index (χ2v) is 6.09. The number of thiazole rings is 1.